The quantitative estimate of drug-likeness (QED) is 0.470. The lowest BCUT2D eigenvalue weighted by molar-refractivity contribution is -0.137. The SMILES string of the molecule is Cc1cc2cc(C(=O)N(Cc3ccc(C(F)(F)F)cn3)C(C)c3ncccn3)cnc2nc1N. The Kier molecular flexibility index (Phi) is 6.10. The Hall–Kier alpha value is -4.15. The molecule has 34 heavy (non-hydrogen) atoms. The van der Waals surface area contributed by atoms with Crippen LogP contribution in [-0.2, 0) is 12.7 Å². The summed E-state index contributed by atoms with van der Waals surface area (Å²) in [6.07, 6.45) is 0.734. The summed E-state index contributed by atoms with van der Waals surface area (Å²) in [5.74, 6) is 0.316. The zero-order valence-corrected chi connectivity index (χ0v) is 18.3. The van der Waals surface area contributed by atoms with Crippen LogP contribution in [0.4, 0.5) is 19.0 Å². The molecule has 0 aliphatic rings. The summed E-state index contributed by atoms with van der Waals surface area (Å²) in [5, 5.41) is 0.633. The van der Waals surface area contributed by atoms with Crippen molar-refractivity contribution in [3.8, 4) is 0 Å². The first-order valence-electron chi connectivity index (χ1n) is 10.3. The van der Waals surface area contributed by atoms with E-state index in [0.29, 0.717) is 22.7 Å². The van der Waals surface area contributed by atoms with Crippen LogP contribution in [0.5, 0.6) is 0 Å². The van der Waals surface area contributed by atoms with E-state index in [-0.39, 0.29) is 17.8 Å². The second kappa shape index (κ2) is 9.00. The van der Waals surface area contributed by atoms with Gasteiger partial charge < -0.3 is 10.6 Å². The minimum Gasteiger partial charge on any atom is -0.383 e. The summed E-state index contributed by atoms with van der Waals surface area (Å²) < 4.78 is 38.8. The van der Waals surface area contributed by atoms with Crippen molar-refractivity contribution in [1.82, 2.24) is 29.8 Å². The number of carbonyl (C=O) groups excluding carboxylic acids is 1. The van der Waals surface area contributed by atoms with Crippen molar-refractivity contribution in [3.63, 3.8) is 0 Å². The Morgan fingerprint density at radius 3 is 2.47 bits per heavy atom. The predicted molar refractivity (Wildman–Crippen MR) is 118 cm³/mol. The van der Waals surface area contributed by atoms with E-state index in [1.165, 1.54) is 17.2 Å². The maximum absolute atomic E-state index is 13.6. The first-order chi connectivity index (χ1) is 16.1. The van der Waals surface area contributed by atoms with Gasteiger partial charge in [-0.05, 0) is 49.7 Å². The number of rotatable bonds is 5. The number of aromatic nitrogens is 5. The summed E-state index contributed by atoms with van der Waals surface area (Å²) >= 11 is 0. The van der Waals surface area contributed by atoms with E-state index >= 15 is 0 Å². The van der Waals surface area contributed by atoms with Gasteiger partial charge in [0.2, 0.25) is 0 Å². The first kappa shape index (κ1) is 23.0. The van der Waals surface area contributed by atoms with E-state index in [2.05, 4.69) is 24.9 Å². The van der Waals surface area contributed by atoms with Crippen LogP contribution < -0.4 is 5.73 Å². The zero-order valence-electron chi connectivity index (χ0n) is 18.3. The lowest BCUT2D eigenvalue weighted by Gasteiger charge is -2.28. The van der Waals surface area contributed by atoms with Crippen molar-refractivity contribution in [2.75, 3.05) is 5.73 Å². The molecule has 4 aromatic rings. The summed E-state index contributed by atoms with van der Waals surface area (Å²) in [6, 6.07) is 6.66. The van der Waals surface area contributed by atoms with Gasteiger partial charge in [0.25, 0.3) is 5.91 Å². The molecule has 2 N–H and O–H groups in total. The second-order valence-electron chi connectivity index (χ2n) is 7.71. The minimum atomic E-state index is -4.50. The van der Waals surface area contributed by atoms with E-state index < -0.39 is 23.7 Å². The molecule has 0 fully saturated rings. The Morgan fingerprint density at radius 1 is 1.09 bits per heavy atom. The van der Waals surface area contributed by atoms with Crippen LogP contribution in [0.1, 0.15) is 46.0 Å². The van der Waals surface area contributed by atoms with E-state index in [4.69, 9.17) is 5.73 Å². The molecule has 174 valence electrons. The summed E-state index contributed by atoms with van der Waals surface area (Å²) in [6.45, 7) is 3.47. The Bertz CT molecular complexity index is 1330. The first-order valence-corrected chi connectivity index (χ1v) is 10.3. The minimum absolute atomic E-state index is 0.0621. The van der Waals surface area contributed by atoms with Gasteiger partial charge in [0.05, 0.1) is 29.4 Å². The Labute approximate surface area is 192 Å². The number of amides is 1. The fourth-order valence-corrected chi connectivity index (χ4v) is 3.38. The van der Waals surface area contributed by atoms with Crippen molar-refractivity contribution in [2.45, 2.75) is 32.6 Å². The van der Waals surface area contributed by atoms with Crippen LogP contribution in [0, 0.1) is 6.92 Å². The molecule has 0 bridgehead atoms. The molecule has 11 heteroatoms. The van der Waals surface area contributed by atoms with Crippen LogP contribution in [0.25, 0.3) is 11.0 Å². The van der Waals surface area contributed by atoms with Gasteiger partial charge in [-0.3, -0.25) is 9.78 Å². The Morgan fingerprint density at radius 2 is 1.82 bits per heavy atom. The average molecular weight is 467 g/mol. The van der Waals surface area contributed by atoms with Crippen LogP contribution in [0.3, 0.4) is 0 Å². The molecule has 0 spiro atoms. The van der Waals surface area contributed by atoms with E-state index in [1.54, 1.807) is 44.4 Å². The molecule has 4 rings (SSSR count). The van der Waals surface area contributed by atoms with E-state index in [0.717, 1.165) is 17.8 Å². The van der Waals surface area contributed by atoms with Gasteiger partial charge in [-0.15, -0.1) is 0 Å². The number of pyridine rings is 3. The van der Waals surface area contributed by atoms with Gasteiger partial charge in [0.15, 0.2) is 5.65 Å². The highest BCUT2D eigenvalue weighted by molar-refractivity contribution is 5.97. The number of nitrogen functional groups attached to an aromatic ring is 1. The third-order valence-corrected chi connectivity index (χ3v) is 5.32. The molecule has 0 aromatic carbocycles. The van der Waals surface area contributed by atoms with Gasteiger partial charge in [-0.1, -0.05) is 0 Å². The molecule has 0 aliphatic carbocycles. The molecule has 0 aliphatic heterocycles. The number of nitrogens with two attached hydrogens (primary N) is 1. The molecule has 1 atom stereocenters. The third kappa shape index (κ3) is 4.77. The third-order valence-electron chi connectivity index (χ3n) is 5.32. The number of halogens is 3. The van der Waals surface area contributed by atoms with Gasteiger partial charge in [-0.25, -0.2) is 19.9 Å². The largest absolute Gasteiger partial charge is 0.417 e. The average Bonchev–Trinajstić information content (AvgIpc) is 2.82. The molecule has 0 saturated heterocycles. The number of nitrogens with zero attached hydrogens (tertiary/aromatic N) is 6. The lowest BCUT2D eigenvalue weighted by atomic mass is 10.1. The zero-order chi connectivity index (χ0) is 24.5. The van der Waals surface area contributed by atoms with Crippen LogP contribution in [0.15, 0.2) is 55.1 Å². The van der Waals surface area contributed by atoms with Crippen molar-refractivity contribution in [2.24, 2.45) is 0 Å². The molecular weight excluding hydrogens is 447 g/mol. The number of hydrogen-bond acceptors (Lipinski definition) is 7. The monoisotopic (exact) mass is 467 g/mol. The van der Waals surface area contributed by atoms with Crippen molar-refractivity contribution in [1.29, 1.82) is 0 Å². The normalized spacial score (nSPS) is 12.5. The van der Waals surface area contributed by atoms with E-state index in [1.807, 2.05) is 0 Å². The molecule has 1 amide bonds. The highest BCUT2D eigenvalue weighted by Crippen LogP contribution is 2.29. The number of carbonyl (C=O) groups is 1. The number of alkyl halides is 3. The molecule has 8 nitrogen and oxygen atoms in total. The van der Waals surface area contributed by atoms with Crippen LogP contribution in [0.2, 0.25) is 0 Å². The number of fused-ring (bicyclic) bond motifs is 1. The highest BCUT2D eigenvalue weighted by Gasteiger charge is 2.31. The molecule has 1 unspecified atom stereocenters. The van der Waals surface area contributed by atoms with Crippen molar-refractivity contribution >= 4 is 22.8 Å². The van der Waals surface area contributed by atoms with Gasteiger partial charge in [-0.2, -0.15) is 13.2 Å². The summed E-state index contributed by atoms with van der Waals surface area (Å²) in [5.41, 5.74) is 6.67. The summed E-state index contributed by atoms with van der Waals surface area (Å²) in [4.78, 5) is 35.8. The highest BCUT2D eigenvalue weighted by atomic mass is 19.4. The van der Waals surface area contributed by atoms with Gasteiger partial charge in [0, 0.05) is 30.2 Å². The smallest absolute Gasteiger partial charge is 0.383 e. The number of hydrogen-bond donors (Lipinski definition) is 1. The Balaban J connectivity index is 1.70. The maximum Gasteiger partial charge on any atom is 0.417 e. The fourth-order valence-electron chi connectivity index (χ4n) is 3.38. The predicted octanol–water partition coefficient (Wildman–Crippen LogP) is 4.13. The topological polar surface area (TPSA) is 111 Å². The molecule has 4 aromatic heterocycles. The van der Waals surface area contributed by atoms with Crippen molar-refractivity contribution in [3.05, 3.63) is 83.3 Å². The molecule has 0 saturated carbocycles. The molecule has 0 radical (unpaired) electrons. The second-order valence-corrected chi connectivity index (χ2v) is 7.71. The summed E-state index contributed by atoms with van der Waals surface area (Å²) in [7, 11) is 0. The molecule has 4 heterocycles. The van der Waals surface area contributed by atoms with Gasteiger partial charge in [0.1, 0.15) is 11.6 Å². The van der Waals surface area contributed by atoms with Crippen LogP contribution >= 0.6 is 0 Å². The van der Waals surface area contributed by atoms with E-state index in [9.17, 15) is 18.0 Å². The van der Waals surface area contributed by atoms with Crippen molar-refractivity contribution < 1.29 is 18.0 Å². The number of anilines is 1. The lowest BCUT2D eigenvalue weighted by Crippen LogP contribution is -2.34. The fraction of sp³-hybridized carbons (Fsp3) is 0.217. The maximum atomic E-state index is 13.6. The van der Waals surface area contributed by atoms with Gasteiger partial charge >= 0.3 is 6.18 Å². The molecular formula is C23H20F3N7O. The standard InChI is InChI=1S/C23H20F3N7O/c1-13-8-15-9-16(10-31-21(15)32-19(13)27)22(34)33(14(2)20-28-6-3-7-29-20)12-18-5-4-17(11-30-18)23(24,25)26/h3-11,14H,12H2,1-2H3,(H2,27,31,32). The van der Waals surface area contributed by atoms with Crippen LogP contribution in [-0.4, -0.2) is 35.7 Å². The number of aryl methyl sites for hydroxylation is 1.